The van der Waals surface area contributed by atoms with Gasteiger partial charge in [-0.2, -0.15) is 0 Å². The number of phenols is 1. The lowest BCUT2D eigenvalue weighted by Gasteiger charge is -2.07. The lowest BCUT2D eigenvalue weighted by molar-refractivity contribution is 0.0994. The fourth-order valence-corrected chi connectivity index (χ4v) is 1.25. The van der Waals surface area contributed by atoms with E-state index in [1.807, 2.05) is 0 Å². The van der Waals surface area contributed by atoms with Crippen LogP contribution in [0.5, 0.6) is 5.75 Å². The first-order valence-corrected chi connectivity index (χ1v) is 4.71. The van der Waals surface area contributed by atoms with E-state index < -0.39 is 0 Å². The van der Waals surface area contributed by atoms with Gasteiger partial charge in [0.1, 0.15) is 5.75 Å². The van der Waals surface area contributed by atoms with Gasteiger partial charge in [-0.05, 0) is 19.1 Å². The SMILES string of the molecule is CC(Br)C(=O)c1c(N)cccc1O. The highest BCUT2D eigenvalue weighted by Crippen LogP contribution is 2.25. The molecule has 0 radical (unpaired) electrons. The van der Waals surface area contributed by atoms with Crippen LogP contribution >= 0.6 is 15.9 Å². The molecule has 0 fully saturated rings. The van der Waals surface area contributed by atoms with E-state index in [4.69, 9.17) is 5.73 Å². The molecule has 1 atom stereocenters. The summed E-state index contributed by atoms with van der Waals surface area (Å²) in [4.78, 5) is 11.2. The smallest absolute Gasteiger partial charge is 0.181 e. The summed E-state index contributed by atoms with van der Waals surface area (Å²) in [5, 5.41) is 9.39. The largest absolute Gasteiger partial charge is 0.507 e. The average Bonchev–Trinajstić information content (AvgIpc) is 2.03. The Balaban J connectivity index is 3.20. The molecule has 0 spiro atoms. The van der Waals surface area contributed by atoms with Gasteiger partial charge in [-0.3, -0.25) is 4.79 Å². The number of benzene rings is 1. The lowest BCUT2D eigenvalue weighted by atomic mass is 10.1. The number of nitrogen functional groups attached to an aromatic ring is 1. The molecule has 0 amide bonds. The van der Waals surface area contributed by atoms with Gasteiger partial charge in [0.15, 0.2) is 5.78 Å². The maximum absolute atomic E-state index is 11.5. The Hall–Kier alpha value is -1.03. The average molecular weight is 244 g/mol. The minimum absolute atomic E-state index is 0.0729. The number of ketones is 1. The highest BCUT2D eigenvalue weighted by Gasteiger charge is 2.18. The molecule has 0 aliphatic rings. The van der Waals surface area contributed by atoms with Crippen LogP contribution in [0, 0.1) is 0 Å². The minimum atomic E-state index is -0.344. The summed E-state index contributed by atoms with van der Waals surface area (Å²) in [6.07, 6.45) is 0. The number of halogens is 1. The molecule has 3 nitrogen and oxygen atoms in total. The standard InChI is InChI=1S/C9H10BrNO2/c1-5(10)9(13)8-6(11)3-2-4-7(8)12/h2-5,12H,11H2,1H3. The van der Waals surface area contributed by atoms with Gasteiger partial charge < -0.3 is 10.8 Å². The number of hydrogen-bond donors (Lipinski definition) is 2. The number of anilines is 1. The number of nitrogens with two attached hydrogens (primary N) is 1. The van der Waals surface area contributed by atoms with E-state index >= 15 is 0 Å². The number of hydrogen-bond acceptors (Lipinski definition) is 3. The highest BCUT2D eigenvalue weighted by molar-refractivity contribution is 9.10. The van der Waals surface area contributed by atoms with Crippen LogP contribution in [0.4, 0.5) is 5.69 Å². The topological polar surface area (TPSA) is 63.3 Å². The van der Waals surface area contributed by atoms with Gasteiger partial charge in [-0.15, -0.1) is 0 Å². The molecule has 0 heterocycles. The zero-order valence-electron chi connectivity index (χ0n) is 7.12. The fourth-order valence-electron chi connectivity index (χ4n) is 1.02. The maximum Gasteiger partial charge on any atom is 0.181 e. The van der Waals surface area contributed by atoms with Gasteiger partial charge in [0.2, 0.25) is 0 Å². The van der Waals surface area contributed by atoms with Crippen LogP contribution < -0.4 is 5.73 Å². The summed E-state index contributed by atoms with van der Waals surface area (Å²) in [6.45, 7) is 1.69. The summed E-state index contributed by atoms with van der Waals surface area (Å²) in [5.41, 5.74) is 6.05. The number of aromatic hydroxyl groups is 1. The van der Waals surface area contributed by atoms with Crippen LogP contribution in [0.2, 0.25) is 0 Å². The summed E-state index contributed by atoms with van der Waals surface area (Å²) >= 11 is 3.13. The molecule has 0 aromatic heterocycles. The summed E-state index contributed by atoms with van der Waals surface area (Å²) in [5.74, 6) is -0.285. The van der Waals surface area contributed by atoms with E-state index in [-0.39, 0.29) is 21.9 Å². The highest BCUT2D eigenvalue weighted by atomic mass is 79.9. The molecule has 1 unspecified atom stereocenters. The predicted octanol–water partition coefficient (Wildman–Crippen LogP) is 1.94. The lowest BCUT2D eigenvalue weighted by Crippen LogP contribution is -2.12. The third-order valence-corrected chi connectivity index (χ3v) is 2.10. The molecule has 0 aliphatic carbocycles. The zero-order chi connectivity index (χ0) is 10.0. The van der Waals surface area contributed by atoms with E-state index in [0.29, 0.717) is 5.69 Å². The monoisotopic (exact) mass is 243 g/mol. The van der Waals surface area contributed by atoms with Crippen LogP contribution in [0.1, 0.15) is 17.3 Å². The molecular weight excluding hydrogens is 234 g/mol. The van der Waals surface area contributed by atoms with Gasteiger partial charge in [-0.25, -0.2) is 0 Å². The number of carbonyl (C=O) groups is 1. The first kappa shape index (κ1) is 10.1. The first-order valence-electron chi connectivity index (χ1n) is 3.79. The van der Waals surface area contributed by atoms with Crippen LogP contribution in [0.25, 0.3) is 0 Å². The third-order valence-electron chi connectivity index (χ3n) is 1.68. The quantitative estimate of drug-likeness (QED) is 0.474. The molecule has 70 valence electrons. The van der Waals surface area contributed by atoms with Crippen molar-refractivity contribution in [3.8, 4) is 5.75 Å². The minimum Gasteiger partial charge on any atom is -0.507 e. The van der Waals surface area contributed by atoms with Crippen molar-refractivity contribution in [2.75, 3.05) is 5.73 Å². The van der Waals surface area contributed by atoms with Crippen LogP contribution in [0.15, 0.2) is 18.2 Å². The molecule has 13 heavy (non-hydrogen) atoms. The molecule has 4 heteroatoms. The van der Waals surface area contributed by atoms with Crippen molar-refractivity contribution in [2.24, 2.45) is 0 Å². The van der Waals surface area contributed by atoms with E-state index in [0.717, 1.165) is 0 Å². The van der Waals surface area contributed by atoms with Crippen LogP contribution in [-0.2, 0) is 0 Å². The number of alkyl halides is 1. The van der Waals surface area contributed by atoms with Crippen molar-refractivity contribution < 1.29 is 9.90 Å². The van der Waals surface area contributed by atoms with Crippen molar-refractivity contribution in [3.63, 3.8) is 0 Å². The predicted molar refractivity (Wildman–Crippen MR) is 55.2 cm³/mol. The van der Waals surface area contributed by atoms with Gasteiger partial charge >= 0.3 is 0 Å². The molecule has 1 rings (SSSR count). The third kappa shape index (κ3) is 2.01. The van der Waals surface area contributed by atoms with Crippen molar-refractivity contribution in [1.82, 2.24) is 0 Å². The molecule has 3 N–H and O–H groups in total. The Labute approximate surface area is 84.7 Å². The molecule has 0 bridgehead atoms. The molecular formula is C9H10BrNO2. The van der Waals surface area contributed by atoms with Crippen LogP contribution in [0.3, 0.4) is 0 Å². The number of carbonyl (C=O) groups excluding carboxylic acids is 1. The van der Waals surface area contributed by atoms with Gasteiger partial charge in [0.25, 0.3) is 0 Å². The van der Waals surface area contributed by atoms with E-state index in [1.54, 1.807) is 19.1 Å². The Morgan fingerprint density at radius 3 is 2.69 bits per heavy atom. The molecule has 0 saturated carbocycles. The second kappa shape index (κ2) is 3.79. The summed E-state index contributed by atoms with van der Waals surface area (Å²) in [6, 6.07) is 4.63. The van der Waals surface area contributed by atoms with E-state index in [2.05, 4.69) is 15.9 Å². The number of Topliss-reactive ketones (excluding diaryl/α,β-unsaturated/α-hetero) is 1. The summed E-state index contributed by atoms with van der Waals surface area (Å²) in [7, 11) is 0. The second-order valence-corrected chi connectivity index (χ2v) is 4.10. The van der Waals surface area contributed by atoms with Crippen LogP contribution in [-0.4, -0.2) is 15.7 Å². The second-order valence-electron chi connectivity index (χ2n) is 2.72. The van der Waals surface area contributed by atoms with Gasteiger partial charge in [0.05, 0.1) is 10.4 Å². The van der Waals surface area contributed by atoms with E-state index in [9.17, 15) is 9.90 Å². The zero-order valence-corrected chi connectivity index (χ0v) is 8.71. The Bertz CT molecular complexity index is 316. The molecule has 1 aromatic carbocycles. The number of phenolic OH excluding ortho intramolecular Hbond substituents is 1. The molecule has 1 aromatic rings. The Morgan fingerprint density at radius 1 is 1.62 bits per heavy atom. The van der Waals surface area contributed by atoms with Crippen molar-refractivity contribution in [1.29, 1.82) is 0 Å². The normalized spacial score (nSPS) is 12.5. The fraction of sp³-hybridized carbons (Fsp3) is 0.222. The first-order chi connectivity index (χ1) is 6.04. The van der Waals surface area contributed by atoms with Crippen molar-refractivity contribution >= 4 is 27.4 Å². The molecule has 0 saturated heterocycles. The van der Waals surface area contributed by atoms with Crippen molar-refractivity contribution in [3.05, 3.63) is 23.8 Å². The van der Waals surface area contributed by atoms with E-state index in [1.165, 1.54) is 6.07 Å². The van der Waals surface area contributed by atoms with Gasteiger partial charge in [-0.1, -0.05) is 22.0 Å². The maximum atomic E-state index is 11.5. The Morgan fingerprint density at radius 2 is 2.23 bits per heavy atom. The molecule has 0 aliphatic heterocycles. The summed E-state index contributed by atoms with van der Waals surface area (Å²) < 4.78 is 0. The Kier molecular flexibility index (Phi) is 2.93. The van der Waals surface area contributed by atoms with Crippen molar-refractivity contribution in [2.45, 2.75) is 11.8 Å². The van der Waals surface area contributed by atoms with Gasteiger partial charge in [0, 0.05) is 5.69 Å². The number of rotatable bonds is 2.